The van der Waals surface area contributed by atoms with Gasteiger partial charge in [-0.15, -0.1) is 0 Å². The summed E-state index contributed by atoms with van der Waals surface area (Å²) in [5.41, 5.74) is 12.9. The number of pyridine rings is 2. The number of carbonyl (C=O) groups is 2. The second-order valence-electron chi connectivity index (χ2n) is 20.0. The fraction of sp³-hybridized carbons (Fsp3) is 0.254. The minimum Gasteiger partial charge on any atom is -0.488 e. The summed E-state index contributed by atoms with van der Waals surface area (Å²) in [6.45, 7) is 13.7. The largest absolute Gasteiger partial charge is 0.488 e. The molecule has 0 saturated carbocycles. The number of benzene rings is 5. The van der Waals surface area contributed by atoms with Crippen LogP contribution in [0, 0.1) is 43.4 Å². The minimum absolute atomic E-state index is 0.0892. The van der Waals surface area contributed by atoms with Gasteiger partial charge >= 0.3 is 5.97 Å². The van der Waals surface area contributed by atoms with Crippen molar-refractivity contribution >= 4 is 41.0 Å². The van der Waals surface area contributed by atoms with Crippen molar-refractivity contribution in [2.45, 2.75) is 105 Å². The van der Waals surface area contributed by atoms with Crippen molar-refractivity contribution in [2.75, 3.05) is 6.61 Å². The number of aldehydes is 1. The van der Waals surface area contributed by atoms with E-state index < -0.39 is 5.97 Å². The molecule has 2 heterocycles. The van der Waals surface area contributed by atoms with Crippen LogP contribution in [0.25, 0.3) is 5.57 Å². The number of nitrogens with one attached hydrogen (secondary N) is 2. The summed E-state index contributed by atoms with van der Waals surface area (Å²) in [4.78, 5) is 32.0. The molecule has 0 fully saturated rings. The Morgan fingerprint density at radius 1 is 0.671 bits per heavy atom. The van der Waals surface area contributed by atoms with Gasteiger partial charge in [-0.1, -0.05) is 133 Å². The van der Waals surface area contributed by atoms with Crippen molar-refractivity contribution in [3.8, 4) is 35.1 Å². The third-order valence-electron chi connectivity index (χ3n) is 13.6. The monoisotopic (exact) mass is 1140 g/mol. The average molecular weight is 1140 g/mol. The highest BCUT2D eigenvalue weighted by Crippen LogP contribution is 2.36. The van der Waals surface area contributed by atoms with Gasteiger partial charge in [0, 0.05) is 90.8 Å². The molecule has 0 aliphatic rings. The summed E-state index contributed by atoms with van der Waals surface area (Å²) in [7, 11) is 0. The van der Waals surface area contributed by atoms with Crippen molar-refractivity contribution < 1.29 is 33.6 Å². The van der Waals surface area contributed by atoms with Gasteiger partial charge in [-0.05, 0) is 103 Å². The number of hydrogen-bond acceptors (Lipinski definition) is 12. The molecule has 13 nitrogen and oxygen atoms in total. The Bertz CT molecular complexity index is 3500. The van der Waals surface area contributed by atoms with Crippen molar-refractivity contribution in [3.63, 3.8) is 0 Å². The molecule has 2 unspecified atom stereocenters. The van der Waals surface area contributed by atoms with E-state index in [4.69, 9.17) is 42.1 Å². The first-order valence-corrected chi connectivity index (χ1v) is 27.7. The lowest BCUT2D eigenvalue weighted by atomic mass is 9.94. The minimum atomic E-state index is -0.914. The number of carboxylic acids is 1. The topological polar surface area (TPSA) is 189 Å². The molecule has 0 amide bonds. The van der Waals surface area contributed by atoms with E-state index in [0.717, 1.165) is 68.4 Å². The number of aromatic nitrogens is 2. The van der Waals surface area contributed by atoms with Gasteiger partial charge in [0.15, 0.2) is 0 Å². The first-order valence-electron chi connectivity index (χ1n) is 26.9. The van der Waals surface area contributed by atoms with E-state index in [0.29, 0.717) is 86.7 Å². The zero-order valence-electron chi connectivity index (χ0n) is 46.5. The summed E-state index contributed by atoms with van der Waals surface area (Å²) in [6, 6.07) is 36.6. The number of ether oxygens (including phenoxy) is 4. The highest BCUT2D eigenvalue weighted by molar-refractivity contribution is 6.32. The second kappa shape index (κ2) is 30.9. The Morgan fingerprint density at radius 2 is 1.20 bits per heavy atom. The highest BCUT2D eigenvalue weighted by Gasteiger charge is 2.20. The number of hydrogen-bond donors (Lipinski definition) is 3. The van der Waals surface area contributed by atoms with Crippen LogP contribution in [0.2, 0.25) is 10.0 Å². The van der Waals surface area contributed by atoms with Crippen molar-refractivity contribution in [1.82, 2.24) is 20.6 Å². The third-order valence-corrected chi connectivity index (χ3v) is 14.2. The van der Waals surface area contributed by atoms with E-state index >= 15 is 0 Å². The first kappa shape index (κ1) is 61.1. The summed E-state index contributed by atoms with van der Waals surface area (Å²) in [5.74, 6) is 0.882. The predicted octanol–water partition coefficient (Wildman–Crippen LogP) is 13.6. The third kappa shape index (κ3) is 18.5. The van der Waals surface area contributed by atoms with Gasteiger partial charge in [0.25, 0.3) is 0 Å². The molecule has 82 heavy (non-hydrogen) atoms. The van der Waals surface area contributed by atoms with E-state index in [-0.39, 0.29) is 51.5 Å². The molecule has 7 rings (SSSR count). The quantitative estimate of drug-likeness (QED) is 0.0285. The Labute approximate surface area is 490 Å². The fourth-order valence-corrected chi connectivity index (χ4v) is 9.55. The number of nitriles is 2. The normalized spacial score (nSPS) is 12.0. The first-order chi connectivity index (χ1) is 39.7. The van der Waals surface area contributed by atoms with Crippen LogP contribution in [0.5, 0.6) is 23.0 Å². The van der Waals surface area contributed by atoms with E-state index in [1.807, 2.05) is 62.4 Å². The van der Waals surface area contributed by atoms with E-state index in [2.05, 4.69) is 89.6 Å². The SMILES string of the molecule is C=C(/C=C\C=C(/CC)c1cccc(COc2cc(OCc3cncc(C#N)c3)c(CNC(CC(=O)O)Cc3ccc(C)cc3)cc2Cl)c1C)COc1cc(OCc2cncc(C#N)c2)c(CNC(CC=O)Cc2ccc(C)cc2)cc1Cl. The lowest BCUT2D eigenvalue weighted by Crippen LogP contribution is -2.33. The molecule has 0 radical (unpaired) electrons. The van der Waals surface area contributed by atoms with Crippen LogP contribution in [0.3, 0.4) is 0 Å². The molecule has 0 spiro atoms. The van der Waals surface area contributed by atoms with Gasteiger partial charge < -0.3 is 39.5 Å². The predicted molar refractivity (Wildman–Crippen MR) is 321 cm³/mol. The van der Waals surface area contributed by atoms with E-state index in [9.17, 15) is 25.2 Å². The van der Waals surface area contributed by atoms with Crippen LogP contribution in [0.4, 0.5) is 0 Å². The molecule has 7 aromatic rings. The zero-order chi connectivity index (χ0) is 58.4. The number of allylic oxidation sites excluding steroid dienone is 3. The highest BCUT2D eigenvalue weighted by atomic mass is 35.5. The lowest BCUT2D eigenvalue weighted by Gasteiger charge is -2.20. The molecule has 2 atom stereocenters. The number of carboxylic acid groups (broad SMARTS) is 1. The number of carbonyl (C=O) groups excluding carboxylic acids is 1. The molecule has 15 heteroatoms. The lowest BCUT2D eigenvalue weighted by molar-refractivity contribution is -0.137. The summed E-state index contributed by atoms with van der Waals surface area (Å²) in [6.07, 6.45) is 15.2. The number of nitrogens with zero attached hydrogens (tertiary/aromatic N) is 4. The standard InChI is InChI=1S/C67H66Cl2N6O7/c1-6-54(10-7-9-46(4)40-79-65-30-63(80-41-52-23-50(32-70)34-72-36-52)56(27-61(65)68)38-74-58(21-22-76)25-48-17-13-44(2)14-18-48)60-12-8-11-55(47(60)5)43-82-66-31-64(81-42-53-24-51(33-71)35-73-37-53)57(28-62(66)69)39-75-59(29-67(77)78)26-49-19-15-45(3)16-20-49/h7-20,22-24,27-28,30-31,34-37,58-59,74-75H,4,6,21,25-26,29,38-43H2,1-3,5H3,(H,77,78)/b9-7-,54-10+. The van der Waals surface area contributed by atoms with Crippen LogP contribution >= 0.6 is 23.2 Å². The molecular formula is C67H66Cl2N6O7. The van der Waals surface area contributed by atoms with Crippen molar-refractivity contribution in [3.05, 3.63) is 241 Å². The Balaban J connectivity index is 1.03. The molecule has 0 bridgehead atoms. The maximum atomic E-state index is 12.0. The molecular weight excluding hydrogens is 1070 g/mol. The van der Waals surface area contributed by atoms with Crippen LogP contribution in [-0.2, 0) is 55.3 Å². The van der Waals surface area contributed by atoms with Crippen LogP contribution < -0.4 is 29.6 Å². The molecule has 2 aromatic heterocycles. The molecule has 0 aliphatic carbocycles. The molecule has 0 aliphatic heterocycles. The molecule has 3 N–H and O–H groups in total. The maximum Gasteiger partial charge on any atom is 0.304 e. The second-order valence-corrected chi connectivity index (χ2v) is 20.8. The number of rotatable bonds is 30. The van der Waals surface area contributed by atoms with Crippen LogP contribution in [0.1, 0.15) is 98.5 Å². The zero-order valence-corrected chi connectivity index (χ0v) is 48.0. The van der Waals surface area contributed by atoms with Gasteiger partial charge in [0.1, 0.15) is 67.9 Å². The van der Waals surface area contributed by atoms with Gasteiger partial charge in [0.2, 0.25) is 0 Å². The fourth-order valence-electron chi connectivity index (χ4n) is 9.06. The van der Waals surface area contributed by atoms with Crippen molar-refractivity contribution in [1.29, 1.82) is 10.5 Å². The summed E-state index contributed by atoms with van der Waals surface area (Å²) in [5, 5.41) is 36.4. The number of halogens is 2. The van der Waals surface area contributed by atoms with Gasteiger partial charge in [-0.2, -0.15) is 10.5 Å². The molecule has 0 saturated heterocycles. The summed E-state index contributed by atoms with van der Waals surface area (Å²) >= 11 is 13.8. The molecule has 420 valence electrons. The average Bonchev–Trinajstić information content (AvgIpc) is 3.54. The smallest absolute Gasteiger partial charge is 0.304 e. The van der Waals surface area contributed by atoms with Crippen LogP contribution in [-0.4, -0.2) is 46.0 Å². The number of aryl methyl sites for hydroxylation is 2. The van der Waals surface area contributed by atoms with Gasteiger partial charge in [-0.25, -0.2) is 0 Å². The Hall–Kier alpha value is -8.56. The molecule has 5 aromatic carbocycles. The van der Waals surface area contributed by atoms with E-state index in [1.54, 1.807) is 48.8 Å². The van der Waals surface area contributed by atoms with E-state index in [1.165, 1.54) is 12.4 Å². The van der Waals surface area contributed by atoms with Crippen molar-refractivity contribution in [2.24, 2.45) is 0 Å². The van der Waals surface area contributed by atoms with Gasteiger partial charge in [0.05, 0.1) is 27.6 Å². The number of aliphatic carboxylic acids is 1. The Kier molecular flexibility index (Phi) is 23.0. The summed E-state index contributed by atoms with van der Waals surface area (Å²) < 4.78 is 25.4. The maximum absolute atomic E-state index is 12.0. The Morgan fingerprint density at radius 3 is 1.72 bits per heavy atom. The van der Waals surface area contributed by atoms with Gasteiger partial charge in [-0.3, -0.25) is 14.8 Å². The van der Waals surface area contributed by atoms with Crippen LogP contribution in [0.15, 0.2) is 158 Å².